The quantitative estimate of drug-likeness (QED) is 0.754. The van der Waals surface area contributed by atoms with Gasteiger partial charge in [0.05, 0.1) is 25.6 Å². The van der Waals surface area contributed by atoms with Gasteiger partial charge in [-0.1, -0.05) is 25.1 Å². The second-order valence-corrected chi connectivity index (χ2v) is 8.92. The highest BCUT2D eigenvalue weighted by atomic mass is 16.5. The van der Waals surface area contributed by atoms with Crippen LogP contribution in [0.4, 0.5) is 0 Å². The van der Waals surface area contributed by atoms with Gasteiger partial charge in [0.1, 0.15) is 23.0 Å². The van der Waals surface area contributed by atoms with Gasteiger partial charge in [-0.3, -0.25) is 9.59 Å². The van der Waals surface area contributed by atoms with Crippen molar-refractivity contribution in [3.05, 3.63) is 41.5 Å². The highest BCUT2D eigenvalue weighted by Crippen LogP contribution is 2.35. The standard InChI is InChI=1S/C23H31N5O3/c1-16(12-28-18(3)24-17(2)25-28)22(30)26-11-7-10-23(14-26)15-27(19(4)29)13-20-8-5-6-9-21(20)31-23/h5-6,8-9,16H,7,10-15H2,1-4H3. The predicted molar refractivity (Wildman–Crippen MR) is 115 cm³/mol. The van der Waals surface area contributed by atoms with Crippen molar-refractivity contribution in [2.45, 2.75) is 59.2 Å². The number of carbonyl (C=O) groups excluding carboxylic acids is 2. The summed E-state index contributed by atoms with van der Waals surface area (Å²) in [5, 5.41) is 4.39. The molecule has 1 aromatic heterocycles. The molecule has 0 N–H and O–H groups in total. The molecule has 2 amide bonds. The maximum atomic E-state index is 13.3. The molecule has 2 aliphatic rings. The molecule has 3 heterocycles. The van der Waals surface area contributed by atoms with Crippen molar-refractivity contribution in [3.8, 4) is 5.75 Å². The molecule has 2 atom stereocenters. The minimum Gasteiger partial charge on any atom is -0.483 e. The SMILES string of the molecule is CC(=O)N1Cc2ccccc2OC2(CCCN(C(=O)C(C)Cn3nc(C)nc3C)C2)C1. The third-order valence-electron chi connectivity index (χ3n) is 6.27. The summed E-state index contributed by atoms with van der Waals surface area (Å²) < 4.78 is 8.35. The van der Waals surface area contributed by atoms with Crippen LogP contribution >= 0.6 is 0 Å². The molecule has 0 radical (unpaired) electrons. The third-order valence-corrected chi connectivity index (χ3v) is 6.27. The van der Waals surface area contributed by atoms with Crippen LogP contribution in [0, 0.1) is 19.8 Å². The van der Waals surface area contributed by atoms with E-state index in [-0.39, 0.29) is 17.7 Å². The number of aromatic nitrogens is 3. The van der Waals surface area contributed by atoms with Gasteiger partial charge in [0, 0.05) is 25.6 Å². The van der Waals surface area contributed by atoms with Gasteiger partial charge in [-0.15, -0.1) is 0 Å². The molecule has 1 spiro atoms. The molecule has 0 saturated carbocycles. The van der Waals surface area contributed by atoms with E-state index < -0.39 is 5.60 Å². The monoisotopic (exact) mass is 425 g/mol. The largest absolute Gasteiger partial charge is 0.483 e. The molecule has 31 heavy (non-hydrogen) atoms. The van der Waals surface area contributed by atoms with E-state index in [1.807, 2.05) is 54.8 Å². The molecule has 8 heteroatoms. The molecule has 1 saturated heterocycles. The number of carbonyl (C=O) groups is 2. The molecular weight excluding hydrogens is 394 g/mol. The molecule has 2 unspecified atom stereocenters. The van der Waals surface area contributed by atoms with Crippen LogP contribution < -0.4 is 4.74 Å². The van der Waals surface area contributed by atoms with E-state index in [4.69, 9.17) is 4.74 Å². The van der Waals surface area contributed by atoms with Crippen molar-refractivity contribution in [1.29, 1.82) is 0 Å². The zero-order valence-corrected chi connectivity index (χ0v) is 18.8. The maximum Gasteiger partial charge on any atom is 0.227 e. The topological polar surface area (TPSA) is 80.6 Å². The van der Waals surface area contributed by atoms with Crippen molar-refractivity contribution in [1.82, 2.24) is 24.6 Å². The van der Waals surface area contributed by atoms with Crippen LogP contribution in [0.1, 0.15) is 43.9 Å². The Balaban J connectivity index is 1.54. The fourth-order valence-corrected chi connectivity index (χ4v) is 4.71. The van der Waals surface area contributed by atoms with Gasteiger partial charge in [0.2, 0.25) is 11.8 Å². The zero-order chi connectivity index (χ0) is 22.2. The van der Waals surface area contributed by atoms with Gasteiger partial charge in [-0.25, -0.2) is 9.67 Å². The number of ether oxygens (including phenoxy) is 1. The minimum atomic E-state index is -0.592. The number of benzene rings is 1. The summed E-state index contributed by atoms with van der Waals surface area (Å²) in [4.78, 5) is 33.7. The van der Waals surface area contributed by atoms with Crippen molar-refractivity contribution in [2.75, 3.05) is 19.6 Å². The smallest absolute Gasteiger partial charge is 0.227 e. The van der Waals surface area contributed by atoms with Crippen molar-refractivity contribution >= 4 is 11.8 Å². The second-order valence-electron chi connectivity index (χ2n) is 8.92. The van der Waals surface area contributed by atoms with E-state index in [1.165, 1.54) is 0 Å². The van der Waals surface area contributed by atoms with Gasteiger partial charge in [-0.05, 0) is 32.8 Å². The molecular formula is C23H31N5O3. The van der Waals surface area contributed by atoms with Crippen LogP contribution in [-0.4, -0.2) is 61.6 Å². The fraction of sp³-hybridized carbons (Fsp3) is 0.565. The molecule has 8 nitrogen and oxygen atoms in total. The number of hydrogen-bond donors (Lipinski definition) is 0. The van der Waals surface area contributed by atoms with Crippen molar-refractivity contribution in [3.63, 3.8) is 0 Å². The average molecular weight is 426 g/mol. The lowest BCUT2D eigenvalue weighted by atomic mass is 9.91. The summed E-state index contributed by atoms with van der Waals surface area (Å²) >= 11 is 0. The summed E-state index contributed by atoms with van der Waals surface area (Å²) in [5.74, 6) is 2.21. The molecule has 2 aliphatic heterocycles. The van der Waals surface area contributed by atoms with Crippen LogP contribution in [0.3, 0.4) is 0 Å². The summed E-state index contributed by atoms with van der Waals surface area (Å²) in [5.41, 5.74) is 0.412. The van der Waals surface area contributed by atoms with Crippen LogP contribution in [0.15, 0.2) is 24.3 Å². The number of likely N-dealkylation sites (tertiary alicyclic amines) is 1. The van der Waals surface area contributed by atoms with E-state index in [0.717, 1.165) is 30.0 Å². The Labute approximate surface area is 183 Å². The number of para-hydroxylation sites is 1. The molecule has 4 rings (SSSR count). The van der Waals surface area contributed by atoms with Crippen molar-refractivity contribution in [2.24, 2.45) is 5.92 Å². The highest BCUT2D eigenvalue weighted by Gasteiger charge is 2.43. The fourth-order valence-electron chi connectivity index (χ4n) is 4.71. The summed E-state index contributed by atoms with van der Waals surface area (Å²) in [6, 6.07) is 7.87. The predicted octanol–water partition coefficient (Wildman–Crippen LogP) is 2.33. The van der Waals surface area contributed by atoms with E-state index in [1.54, 1.807) is 11.6 Å². The first-order valence-corrected chi connectivity index (χ1v) is 11.0. The lowest BCUT2D eigenvalue weighted by molar-refractivity contribution is -0.143. The summed E-state index contributed by atoms with van der Waals surface area (Å²) in [6.45, 7) is 9.97. The number of aryl methyl sites for hydroxylation is 2. The number of piperidine rings is 1. The number of fused-ring (bicyclic) bond motifs is 1. The Morgan fingerprint density at radius 1 is 1.19 bits per heavy atom. The second kappa shape index (κ2) is 8.32. The highest BCUT2D eigenvalue weighted by molar-refractivity contribution is 5.78. The lowest BCUT2D eigenvalue weighted by Gasteiger charge is -2.44. The number of rotatable bonds is 3. The maximum absolute atomic E-state index is 13.3. The summed E-state index contributed by atoms with van der Waals surface area (Å²) in [7, 11) is 0. The molecule has 166 valence electrons. The average Bonchev–Trinajstić information content (AvgIpc) is 2.95. The van der Waals surface area contributed by atoms with Gasteiger partial charge in [0.15, 0.2) is 0 Å². The number of hydrogen-bond acceptors (Lipinski definition) is 5. The first-order chi connectivity index (χ1) is 14.8. The van der Waals surface area contributed by atoms with E-state index in [9.17, 15) is 9.59 Å². The van der Waals surface area contributed by atoms with Gasteiger partial charge in [-0.2, -0.15) is 5.10 Å². The molecule has 1 aromatic carbocycles. The van der Waals surface area contributed by atoms with Crippen molar-refractivity contribution < 1.29 is 14.3 Å². The molecule has 2 aromatic rings. The minimum absolute atomic E-state index is 0.0218. The Hall–Kier alpha value is -2.90. The zero-order valence-electron chi connectivity index (χ0n) is 18.8. The first kappa shape index (κ1) is 21.3. The van der Waals surface area contributed by atoms with Gasteiger partial charge < -0.3 is 14.5 Å². The number of nitrogens with zero attached hydrogens (tertiary/aromatic N) is 5. The van der Waals surface area contributed by atoms with Crippen LogP contribution in [0.25, 0.3) is 0 Å². The number of amides is 2. The molecule has 0 bridgehead atoms. The Kier molecular flexibility index (Phi) is 5.73. The molecule has 1 fully saturated rings. The first-order valence-electron chi connectivity index (χ1n) is 11.0. The third kappa shape index (κ3) is 4.43. The lowest BCUT2D eigenvalue weighted by Crippen LogP contribution is -2.59. The Morgan fingerprint density at radius 3 is 2.65 bits per heavy atom. The van der Waals surface area contributed by atoms with E-state index in [0.29, 0.717) is 38.5 Å². The van der Waals surface area contributed by atoms with E-state index in [2.05, 4.69) is 10.1 Å². The summed E-state index contributed by atoms with van der Waals surface area (Å²) in [6.07, 6.45) is 1.65. The normalized spacial score (nSPS) is 21.9. The van der Waals surface area contributed by atoms with Crippen LogP contribution in [-0.2, 0) is 22.7 Å². The van der Waals surface area contributed by atoms with Crippen LogP contribution in [0.2, 0.25) is 0 Å². The Morgan fingerprint density at radius 2 is 1.94 bits per heavy atom. The van der Waals surface area contributed by atoms with Gasteiger partial charge >= 0.3 is 0 Å². The van der Waals surface area contributed by atoms with Gasteiger partial charge in [0.25, 0.3) is 0 Å². The van der Waals surface area contributed by atoms with Crippen LogP contribution in [0.5, 0.6) is 5.75 Å². The van der Waals surface area contributed by atoms with E-state index >= 15 is 0 Å². The molecule has 0 aliphatic carbocycles. The Bertz CT molecular complexity index is 987.